The maximum absolute atomic E-state index is 8.65. The number of hydrogen-bond acceptors (Lipinski definition) is 4. The van der Waals surface area contributed by atoms with Crippen molar-refractivity contribution in [2.75, 3.05) is 0 Å². The van der Waals surface area contributed by atoms with Gasteiger partial charge in [0.25, 0.3) is 0 Å². The van der Waals surface area contributed by atoms with Crippen molar-refractivity contribution in [3.05, 3.63) is 0 Å². The van der Waals surface area contributed by atoms with Crippen LogP contribution in [-0.2, 0) is 23.5 Å². The summed E-state index contributed by atoms with van der Waals surface area (Å²) in [6.45, 7) is 0. The fourth-order valence-electron chi connectivity index (χ4n) is 0. The van der Waals surface area contributed by atoms with Gasteiger partial charge in [-0.2, -0.15) is 0 Å². The minimum absolute atomic E-state index is 0. The molecule has 0 aromatic heterocycles. The molecule has 0 bridgehead atoms. The summed E-state index contributed by atoms with van der Waals surface area (Å²) in [6.07, 6.45) is 0. The molecular weight excluding hydrogens is 304 g/mol. The van der Waals surface area contributed by atoms with Crippen molar-refractivity contribution in [2.45, 2.75) is 0 Å². The Labute approximate surface area is 73.4 Å². The van der Waals surface area contributed by atoms with Crippen molar-refractivity contribution in [1.29, 1.82) is 0 Å². The van der Waals surface area contributed by atoms with Gasteiger partial charge in [-0.3, -0.25) is 0 Å². The summed E-state index contributed by atoms with van der Waals surface area (Å²) < 4.78 is 34.6. The summed E-state index contributed by atoms with van der Waals surface area (Å²) in [6, 6.07) is 0. The molecule has 5 nitrogen and oxygen atoms in total. The predicted octanol–water partition coefficient (Wildman–Crippen LogP) is -3.82. The van der Waals surface area contributed by atoms with E-state index in [4.69, 9.17) is 14.3 Å². The van der Waals surface area contributed by atoms with Crippen LogP contribution in [0.2, 0.25) is 0 Å². The zero-order valence-electron chi connectivity index (χ0n) is 3.25. The summed E-state index contributed by atoms with van der Waals surface area (Å²) >= 11 is -6.17. The van der Waals surface area contributed by atoms with Crippen molar-refractivity contribution in [2.24, 2.45) is 0 Å². The Morgan fingerprint density at radius 2 is 1.14 bits per heavy atom. The molecular formula is H2CaO5W. The molecule has 0 unspecified atom stereocenters. The molecule has 0 aliphatic heterocycles. The molecule has 0 saturated carbocycles. The molecule has 2 N–H and O–H groups in total. The Morgan fingerprint density at radius 1 is 1.14 bits per heavy atom. The molecule has 0 amide bonds. The van der Waals surface area contributed by atoms with Gasteiger partial charge in [-0.05, 0) is 0 Å². The normalized spacial score (nSPS) is 8.29. The van der Waals surface area contributed by atoms with E-state index in [2.05, 4.69) is 0 Å². The van der Waals surface area contributed by atoms with E-state index in [0.717, 1.165) is 0 Å². The van der Waals surface area contributed by atoms with Gasteiger partial charge in [0, 0.05) is 0 Å². The third-order valence-corrected chi connectivity index (χ3v) is 0. The molecule has 0 aromatic rings. The fourth-order valence-corrected chi connectivity index (χ4v) is 0. The van der Waals surface area contributed by atoms with Crippen LogP contribution in [0, 0.1) is 0 Å². The van der Waals surface area contributed by atoms with Crippen molar-refractivity contribution in [1.82, 2.24) is 0 Å². The Hall–Kier alpha value is 1.43. The van der Waals surface area contributed by atoms with Crippen molar-refractivity contribution >= 4 is 37.7 Å². The quantitative estimate of drug-likeness (QED) is 0.427. The second-order valence-corrected chi connectivity index (χ2v) is 3.34. The van der Waals surface area contributed by atoms with E-state index in [1.807, 2.05) is 0 Å². The van der Waals surface area contributed by atoms with Crippen LogP contribution in [0.4, 0.5) is 0 Å². The van der Waals surface area contributed by atoms with E-state index < -0.39 is 16.7 Å². The molecule has 0 rings (SSSR count). The molecule has 40 valence electrons. The van der Waals surface area contributed by atoms with Crippen LogP contribution in [0.15, 0.2) is 0 Å². The first-order chi connectivity index (χ1) is 2.00. The first-order valence-electron chi connectivity index (χ1n) is 0.667. The molecule has 0 spiro atoms. The van der Waals surface area contributed by atoms with Crippen molar-refractivity contribution in [3.8, 4) is 0 Å². The molecule has 0 atom stereocenters. The van der Waals surface area contributed by atoms with Crippen LogP contribution >= 0.6 is 0 Å². The maximum atomic E-state index is 8.65. The van der Waals surface area contributed by atoms with E-state index in [1.165, 1.54) is 0 Å². The molecule has 0 fully saturated rings. The molecule has 0 saturated heterocycles. The van der Waals surface area contributed by atoms with Crippen LogP contribution in [0.25, 0.3) is 0 Å². The Bertz CT molecular complexity index is 91.2. The zero-order valence-corrected chi connectivity index (χ0v) is 8.39. The summed E-state index contributed by atoms with van der Waals surface area (Å²) in [7, 11) is 0. The van der Waals surface area contributed by atoms with Gasteiger partial charge < -0.3 is 5.48 Å². The zero-order chi connectivity index (χ0) is 4.50. The number of hydrogen-bond donors (Lipinski definition) is 0. The van der Waals surface area contributed by atoms with E-state index >= 15 is 0 Å². The molecule has 7 heavy (non-hydrogen) atoms. The Balaban J connectivity index is -0.0000000800. The van der Waals surface area contributed by atoms with Gasteiger partial charge in [0.05, 0.1) is 0 Å². The van der Waals surface area contributed by atoms with E-state index in [0.29, 0.717) is 0 Å². The third kappa shape index (κ3) is 107. The second-order valence-electron chi connectivity index (χ2n) is 0.408. The second kappa shape index (κ2) is 5.56. The minimum atomic E-state index is -6.17. The summed E-state index contributed by atoms with van der Waals surface area (Å²) in [5.74, 6) is 0. The van der Waals surface area contributed by atoms with Gasteiger partial charge in [-0.15, -0.1) is 0 Å². The van der Waals surface area contributed by atoms with Gasteiger partial charge in [0.1, 0.15) is 0 Å². The molecule has 0 radical (unpaired) electrons. The molecule has 0 aromatic carbocycles. The van der Waals surface area contributed by atoms with Gasteiger partial charge in [-0.25, -0.2) is 0 Å². The Morgan fingerprint density at radius 3 is 1.14 bits per heavy atom. The first-order valence-corrected chi connectivity index (χ1v) is 5.46. The van der Waals surface area contributed by atoms with Crippen LogP contribution in [-0.4, -0.2) is 43.2 Å². The van der Waals surface area contributed by atoms with E-state index in [-0.39, 0.29) is 43.2 Å². The summed E-state index contributed by atoms with van der Waals surface area (Å²) in [4.78, 5) is 0. The standard InChI is InChI=1S/Ca.H2O.4O.W/h;1H2;;;;;/q+2;;;;2*-1;. The van der Waals surface area contributed by atoms with Crippen LogP contribution in [0.5, 0.6) is 0 Å². The summed E-state index contributed by atoms with van der Waals surface area (Å²) in [5.41, 5.74) is 0. The summed E-state index contributed by atoms with van der Waals surface area (Å²) in [5, 5.41) is 0. The third-order valence-electron chi connectivity index (χ3n) is 0. The van der Waals surface area contributed by atoms with Crippen LogP contribution in [0.1, 0.15) is 0 Å². The SMILES string of the molecule is O.[Ca+2].[O]=[W](=[O])([O-])[O-]. The monoisotopic (exact) mass is 306 g/mol. The molecule has 7 heteroatoms. The molecule has 0 aliphatic rings. The van der Waals surface area contributed by atoms with Crippen LogP contribution in [0.3, 0.4) is 0 Å². The molecule has 0 aliphatic carbocycles. The first kappa shape index (κ1) is 15.8. The van der Waals surface area contributed by atoms with Gasteiger partial charge >= 0.3 is 68.8 Å². The van der Waals surface area contributed by atoms with Gasteiger partial charge in [0.15, 0.2) is 0 Å². The average Bonchev–Trinajstić information content (AvgIpc) is 0.722. The van der Waals surface area contributed by atoms with Crippen LogP contribution < -0.4 is 7.52 Å². The van der Waals surface area contributed by atoms with Crippen molar-refractivity contribution < 1.29 is 36.5 Å². The molecule has 0 heterocycles. The topological polar surface area (TPSA) is 112 Å². The van der Waals surface area contributed by atoms with Crippen molar-refractivity contribution in [3.63, 3.8) is 0 Å². The van der Waals surface area contributed by atoms with Gasteiger partial charge in [0.2, 0.25) is 0 Å². The van der Waals surface area contributed by atoms with Gasteiger partial charge in [-0.1, -0.05) is 0 Å². The number of rotatable bonds is 0. The predicted molar refractivity (Wildman–Crippen MR) is 10.7 cm³/mol. The van der Waals surface area contributed by atoms with E-state index in [9.17, 15) is 0 Å². The Kier molecular flexibility index (Phi) is 12.5. The average molecular weight is 306 g/mol. The van der Waals surface area contributed by atoms with E-state index in [1.54, 1.807) is 0 Å². The fraction of sp³-hybridized carbons (Fsp3) is 0.